The van der Waals surface area contributed by atoms with Gasteiger partial charge >= 0.3 is 5.97 Å². The van der Waals surface area contributed by atoms with Gasteiger partial charge < -0.3 is 15.4 Å². The van der Waals surface area contributed by atoms with E-state index in [1.807, 2.05) is 0 Å². The zero-order chi connectivity index (χ0) is 17.4. The zero-order valence-corrected chi connectivity index (χ0v) is 13.4. The lowest BCUT2D eigenvalue weighted by Gasteiger charge is -2.21. The first kappa shape index (κ1) is 18.6. The maximum Gasteiger partial charge on any atom is 0.328 e. The van der Waals surface area contributed by atoms with Crippen LogP contribution < -0.4 is 10.6 Å². The molecule has 0 aromatic heterocycles. The molecule has 126 valence electrons. The van der Waals surface area contributed by atoms with E-state index in [0.717, 1.165) is 0 Å². The number of nitrogens with one attached hydrogen (secondary N) is 2. The Labute approximate surface area is 134 Å². The van der Waals surface area contributed by atoms with Crippen molar-refractivity contribution in [3.8, 4) is 0 Å². The van der Waals surface area contributed by atoms with Crippen molar-refractivity contribution in [2.75, 3.05) is 7.11 Å². The van der Waals surface area contributed by atoms with Gasteiger partial charge in [-0.2, -0.15) is 0 Å². The molecule has 2 N–H and O–H groups in total. The van der Waals surface area contributed by atoms with Crippen LogP contribution in [-0.2, 0) is 25.5 Å². The predicted molar refractivity (Wildman–Crippen MR) is 81.9 cm³/mol. The fourth-order valence-electron chi connectivity index (χ4n) is 2.08. The minimum absolute atomic E-state index is 0.0182. The Hall–Kier alpha value is -2.44. The van der Waals surface area contributed by atoms with Gasteiger partial charge in [0.25, 0.3) is 0 Å². The third-order valence-electron chi connectivity index (χ3n) is 3.29. The van der Waals surface area contributed by atoms with E-state index in [9.17, 15) is 18.8 Å². The van der Waals surface area contributed by atoms with Gasteiger partial charge in [0, 0.05) is 13.3 Å². The number of carbonyl (C=O) groups is 3. The first-order valence-electron chi connectivity index (χ1n) is 7.27. The van der Waals surface area contributed by atoms with E-state index in [2.05, 4.69) is 15.4 Å². The Balaban J connectivity index is 2.88. The number of ether oxygens (including phenoxy) is 1. The normalized spacial score (nSPS) is 12.9. The summed E-state index contributed by atoms with van der Waals surface area (Å²) in [6.45, 7) is 2.98. The molecule has 0 aliphatic heterocycles. The van der Waals surface area contributed by atoms with Gasteiger partial charge in [-0.3, -0.25) is 9.59 Å². The van der Waals surface area contributed by atoms with Gasteiger partial charge in [-0.1, -0.05) is 25.1 Å². The Morgan fingerprint density at radius 2 is 1.83 bits per heavy atom. The number of rotatable bonds is 7. The third kappa shape index (κ3) is 5.69. The van der Waals surface area contributed by atoms with Gasteiger partial charge in [-0.15, -0.1) is 0 Å². The molecule has 0 unspecified atom stereocenters. The molecule has 6 nitrogen and oxygen atoms in total. The Bertz CT molecular complexity index is 577. The molecular formula is C16H21FN2O4. The molecule has 2 amide bonds. The maximum atomic E-state index is 13.7. The average Bonchev–Trinajstić information content (AvgIpc) is 2.52. The topological polar surface area (TPSA) is 84.5 Å². The largest absolute Gasteiger partial charge is 0.467 e. The van der Waals surface area contributed by atoms with Crippen LogP contribution in [0.3, 0.4) is 0 Å². The van der Waals surface area contributed by atoms with Crippen LogP contribution in [0.4, 0.5) is 4.39 Å². The molecule has 1 aromatic carbocycles. The van der Waals surface area contributed by atoms with E-state index in [1.54, 1.807) is 13.0 Å². The van der Waals surface area contributed by atoms with Crippen molar-refractivity contribution in [1.29, 1.82) is 0 Å². The smallest absolute Gasteiger partial charge is 0.328 e. The second-order valence-corrected chi connectivity index (χ2v) is 5.04. The number of hydrogen-bond donors (Lipinski definition) is 2. The van der Waals surface area contributed by atoms with Gasteiger partial charge in [0.15, 0.2) is 0 Å². The van der Waals surface area contributed by atoms with Crippen LogP contribution in [0, 0.1) is 5.82 Å². The molecule has 2 atom stereocenters. The number of hydrogen-bond acceptors (Lipinski definition) is 4. The zero-order valence-electron chi connectivity index (χ0n) is 13.4. The van der Waals surface area contributed by atoms with Gasteiger partial charge in [-0.25, -0.2) is 9.18 Å². The van der Waals surface area contributed by atoms with Gasteiger partial charge in [0.1, 0.15) is 17.9 Å². The molecule has 1 rings (SSSR count). The summed E-state index contributed by atoms with van der Waals surface area (Å²) in [6.07, 6.45) is 0.320. The summed E-state index contributed by atoms with van der Waals surface area (Å²) in [4.78, 5) is 35.2. The molecule has 0 bridgehead atoms. The minimum Gasteiger partial charge on any atom is -0.467 e. The van der Waals surface area contributed by atoms with E-state index in [-0.39, 0.29) is 6.42 Å². The van der Waals surface area contributed by atoms with Gasteiger partial charge in [0.2, 0.25) is 11.8 Å². The standard InChI is InChI=1S/C16H21FN2O4/c1-4-13(16(22)23-3)19-15(21)14(18-10(2)20)9-11-7-5-6-8-12(11)17/h5-8,13-14H,4,9H2,1-3H3,(H,18,20)(H,19,21)/t13-,14-/m0/s1. The van der Waals surface area contributed by atoms with Crippen LogP contribution in [0.1, 0.15) is 25.8 Å². The van der Waals surface area contributed by atoms with E-state index >= 15 is 0 Å². The number of methoxy groups -OCH3 is 1. The lowest BCUT2D eigenvalue weighted by Crippen LogP contribution is -2.52. The second-order valence-electron chi connectivity index (χ2n) is 5.04. The van der Waals surface area contributed by atoms with Crippen molar-refractivity contribution >= 4 is 17.8 Å². The van der Waals surface area contributed by atoms with Crippen molar-refractivity contribution in [3.63, 3.8) is 0 Å². The summed E-state index contributed by atoms with van der Waals surface area (Å²) >= 11 is 0. The highest BCUT2D eigenvalue weighted by Gasteiger charge is 2.26. The Kier molecular flexibility index (Phi) is 7.18. The van der Waals surface area contributed by atoms with Crippen LogP contribution in [0.15, 0.2) is 24.3 Å². The molecule has 23 heavy (non-hydrogen) atoms. The number of esters is 1. The highest BCUT2D eigenvalue weighted by molar-refractivity contribution is 5.90. The SMILES string of the molecule is CC[C@H](NC(=O)[C@H](Cc1ccccc1F)NC(C)=O)C(=O)OC. The quantitative estimate of drug-likeness (QED) is 0.731. The molecular weight excluding hydrogens is 303 g/mol. The predicted octanol–water partition coefficient (Wildman–Crippen LogP) is 0.941. The van der Waals surface area contributed by atoms with Gasteiger partial charge in [0.05, 0.1) is 7.11 Å². The van der Waals surface area contributed by atoms with E-state index < -0.39 is 35.7 Å². The summed E-state index contributed by atoms with van der Waals surface area (Å²) in [5, 5.41) is 4.98. The maximum absolute atomic E-state index is 13.7. The van der Waals surface area contributed by atoms with Crippen LogP contribution in [0.25, 0.3) is 0 Å². The van der Waals surface area contributed by atoms with E-state index in [0.29, 0.717) is 12.0 Å². The number of benzene rings is 1. The first-order valence-corrected chi connectivity index (χ1v) is 7.27. The fraction of sp³-hybridized carbons (Fsp3) is 0.438. The molecule has 0 saturated heterocycles. The summed E-state index contributed by atoms with van der Waals surface area (Å²) in [5.74, 6) is -2.03. The summed E-state index contributed by atoms with van der Waals surface area (Å²) in [5.41, 5.74) is 0.299. The van der Waals surface area contributed by atoms with Crippen molar-refractivity contribution in [3.05, 3.63) is 35.6 Å². The first-order chi connectivity index (χ1) is 10.9. The van der Waals surface area contributed by atoms with Crippen molar-refractivity contribution in [2.45, 2.75) is 38.8 Å². The van der Waals surface area contributed by atoms with Crippen LogP contribution in [0.2, 0.25) is 0 Å². The molecule has 0 aliphatic rings. The highest BCUT2D eigenvalue weighted by atomic mass is 19.1. The fourth-order valence-corrected chi connectivity index (χ4v) is 2.08. The molecule has 0 heterocycles. The van der Waals surface area contributed by atoms with Gasteiger partial charge in [-0.05, 0) is 18.1 Å². The Morgan fingerprint density at radius 3 is 2.35 bits per heavy atom. The summed E-state index contributed by atoms with van der Waals surface area (Å²) < 4.78 is 18.3. The second kappa shape index (κ2) is 8.87. The van der Waals surface area contributed by atoms with Crippen molar-refractivity contribution in [1.82, 2.24) is 10.6 Å². The lowest BCUT2D eigenvalue weighted by atomic mass is 10.0. The molecule has 0 fully saturated rings. The minimum atomic E-state index is -0.983. The monoisotopic (exact) mass is 324 g/mol. The molecule has 7 heteroatoms. The van der Waals surface area contributed by atoms with Crippen LogP contribution >= 0.6 is 0 Å². The lowest BCUT2D eigenvalue weighted by molar-refractivity contribution is -0.145. The van der Waals surface area contributed by atoms with E-state index in [4.69, 9.17) is 0 Å². The summed E-state index contributed by atoms with van der Waals surface area (Å²) in [6, 6.07) is 4.20. The number of amides is 2. The molecule has 0 aliphatic carbocycles. The van der Waals surface area contributed by atoms with Crippen LogP contribution in [0.5, 0.6) is 0 Å². The average molecular weight is 324 g/mol. The molecule has 0 radical (unpaired) electrons. The van der Waals surface area contributed by atoms with Crippen molar-refractivity contribution < 1.29 is 23.5 Å². The molecule has 1 aromatic rings. The highest BCUT2D eigenvalue weighted by Crippen LogP contribution is 2.10. The third-order valence-corrected chi connectivity index (χ3v) is 3.29. The Morgan fingerprint density at radius 1 is 1.17 bits per heavy atom. The summed E-state index contributed by atoms with van der Waals surface area (Å²) in [7, 11) is 1.22. The van der Waals surface area contributed by atoms with Crippen LogP contribution in [-0.4, -0.2) is 37.0 Å². The molecule has 0 spiro atoms. The number of halogens is 1. The van der Waals surface area contributed by atoms with E-state index in [1.165, 1.54) is 32.2 Å². The van der Waals surface area contributed by atoms with Crippen molar-refractivity contribution in [2.24, 2.45) is 0 Å². The number of carbonyl (C=O) groups excluding carboxylic acids is 3. The molecule has 0 saturated carbocycles.